The van der Waals surface area contributed by atoms with Crippen LogP contribution in [0.4, 0.5) is 10.1 Å². The van der Waals surface area contributed by atoms with Gasteiger partial charge >= 0.3 is 0 Å². The minimum Gasteiger partial charge on any atom is -0.365 e. The van der Waals surface area contributed by atoms with E-state index in [2.05, 4.69) is 0 Å². The minimum atomic E-state index is -0.924. The van der Waals surface area contributed by atoms with Gasteiger partial charge in [0.25, 0.3) is 5.91 Å². The summed E-state index contributed by atoms with van der Waals surface area (Å²) >= 11 is 6.98. The lowest BCUT2D eigenvalue weighted by Crippen LogP contribution is -2.31. The van der Waals surface area contributed by atoms with Crippen LogP contribution in [0.25, 0.3) is 0 Å². The number of nitrogens with zero attached hydrogens (tertiary/aromatic N) is 2. The summed E-state index contributed by atoms with van der Waals surface area (Å²) in [7, 11) is 0. The lowest BCUT2D eigenvalue weighted by molar-refractivity contribution is -0.117. The van der Waals surface area contributed by atoms with E-state index >= 15 is 0 Å². The molecule has 0 saturated carbocycles. The number of halogens is 2. The van der Waals surface area contributed by atoms with Crippen molar-refractivity contribution in [1.29, 1.82) is 5.26 Å². The number of amides is 2. The van der Waals surface area contributed by atoms with Crippen molar-refractivity contribution in [3.8, 4) is 6.07 Å². The van der Waals surface area contributed by atoms with E-state index < -0.39 is 17.0 Å². The second-order valence-electron chi connectivity index (χ2n) is 5.74. The Morgan fingerprint density at radius 3 is 2.41 bits per heavy atom. The Morgan fingerprint density at radius 1 is 1.22 bits per heavy atom. The number of thioether (sulfide) groups is 1. The molecule has 1 fully saturated rings. The zero-order valence-electron chi connectivity index (χ0n) is 13.9. The van der Waals surface area contributed by atoms with Crippen LogP contribution in [0.2, 0.25) is 5.02 Å². The van der Waals surface area contributed by atoms with E-state index in [1.165, 1.54) is 29.2 Å². The largest absolute Gasteiger partial charge is 0.365 e. The van der Waals surface area contributed by atoms with Crippen LogP contribution in [0.5, 0.6) is 0 Å². The summed E-state index contributed by atoms with van der Waals surface area (Å²) in [5.41, 5.74) is 6.23. The third-order valence-corrected chi connectivity index (χ3v) is 5.46. The number of rotatable bonds is 4. The summed E-state index contributed by atoms with van der Waals surface area (Å²) in [5.74, 6) is -1.70. The summed E-state index contributed by atoms with van der Waals surface area (Å²) in [5, 5.41) is 9.50. The van der Waals surface area contributed by atoms with Crippen LogP contribution in [0, 0.1) is 17.1 Å². The van der Waals surface area contributed by atoms with Gasteiger partial charge in [0.2, 0.25) is 5.91 Å². The van der Waals surface area contributed by atoms with Crippen LogP contribution in [0.1, 0.15) is 5.56 Å². The Labute approximate surface area is 164 Å². The number of benzene rings is 2. The van der Waals surface area contributed by atoms with Gasteiger partial charge < -0.3 is 5.73 Å². The molecule has 2 N–H and O–H groups in total. The molecule has 8 heteroatoms. The highest BCUT2D eigenvalue weighted by molar-refractivity contribution is 8.05. The molecule has 0 radical (unpaired) electrons. The van der Waals surface area contributed by atoms with Crippen molar-refractivity contribution in [2.45, 2.75) is 11.7 Å². The third kappa shape index (κ3) is 3.97. The molecule has 5 nitrogen and oxygen atoms in total. The molecule has 0 aliphatic carbocycles. The van der Waals surface area contributed by atoms with Gasteiger partial charge in [0, 0.05) is 10.7 Å². The first-order chi connectivity index (χ1) is 12.9. The van der Waals surface area contributed by atoms with E-state index in [-0.39, 0.29) is 16.5 Å². The molecule has 27 heavy (non-hydrogen) atoms. The standard InChI is InChI=1S/C19H13ClFN3O2S/c20-12-3-1-11(2-4-12)9-16-18(26)24(14-7-5-13(21)6-8-14)19(27-16)15(10-22)17(23)25/h1-8,16H,9H2,(H2,23,25)/b19-15-/t16-/m1/s1. The summed E-state index contributed by atoms with van der Waals surface area (Å²) < 4.78 is 13.3. The zero-order chi connectivity index (χ0) is 19.6. The Kier molecular flexibility index (Phi) is 5.49. The lowest BCUT2D eigenvalue weighted by atomic mass is 10.1. The second-order valence-corrected chi connectivity index (χ2v) is 7.37. The number of hydrogen-bond acceptors (Lipinski definition) is 4. The van der Waals surface area contributed by atoms with Crippen LogP contribution in [-0.4, -0.2) is 17.1 Å². The average Bonchev–Trinajstić information content (AvgIpc) is 2.94. The van der Waals surface area contributed by atoms with Gasteiger partial charge in [0.1, 0.15) is 22.5 Å². The average molecular weight is 402 g/mol. The SMILES string of the molecule is N#C/C(C(N)=O)=C1/S[C@H](Cc2ccc(Cl)cc2)C(=O)N1c1ccc(F)cc1. The van der Waals surface area contributed by atoms with Crippen LogP contribution < -0.4 is 10.6 Å². The molecule has 0 aromatic heterocycles. The Balaban J connectivity index is 2.01. The predicted octanol–water partition coefficient (Wildman–Crippen LogP) is 3.39. The monoisotopic (exact) mass is 401 g/mol. The van der Waals surface area contributed by atoms with Gasteiger partial charge in [-0.05, 0) is 48.4 Å². The molecule has 0 bridgehead atoms. The van der Waals surface area contributed by atoms with E-state index in [4.69, 9.17) is 17.3 Å². The van der Waals surface area contributed by atoms with Gasteiger partial charge in [0.15, 0.2) is 0 Å². The predicted molar refractivity (Wildman–Crippen MR) is 102 cm³/mol. The maximum atomic E-state index is 13.3. The molecular formula is C19H13ClFN3O2S. The normalized spacial score (nSPS) is 18.3. The van der Waals surface area contributed by atoms with Gasteiger partial charge in [-0.25, -0.2) is 4.39 Å². The quantitative estimate of drug-likeness (QED) is 0.628. The Morgan fingerprint density at radius 2 is 1.85 bits per heavy atom. The van der Waals surface area contributed by atoms with Crippen LogP contribution in [0.15, 0.2) is 59.1 Å². The number of carbonyl (C=O) groups excluding carboxylic acids is 2. The fraction of sp³-hybridized carbons (Fsp3) is 0.105. The fourth-order valence-corrected chi connectivity index (χ4v) is 4.10. The van der Waals surface area contributed by atoms with Gasteiger partial charge in [-0.2, -0.15) is 5.26 Å². The number of primary amides is 1. The zero-order valence-corrected chi connectivity index (χ0v) is 15.4. The third-order valence-electron chi connectivity index (χ3n) is 3.94. The topological polar surface area (TPSA) is 87.2 Å². The molecule has 1 heterocycles. The summed E-state index contributed by atoms with van der Waals surface area (Å²) in [6, 6.07) is 14.0. The highest BCUT2D eigenvalue weighted by Crippen LogP contribution is 2.41. The van der Waals surface area contributed by atoms with Crippen LogP contribution >= 0.6 is 23.4 Å². The number of nitrogens with two attached hydrogens (primary N) is 1. The van der Waals surface area contributed by atoms with E-state index in [0.29, 0.717) is 17.1 Å². The molecule has 1 saturated heterocycles. The highest BCUT2D eigenvalue weighted by Gasteiger charge is 2.40. The molecule has 0 spiro atoms. The Bertz CT molecular complexity index is 968. The summed E-state index contributed by atoms with van der Waals surface area (Å²) in [6.45, 7) is 0. The van der Waals surface area contributed by atoms with E-state index in [9.17, 15) is 19.2 Å². The molecule has 136 valence electrons. The van der Waals surface area contributed by atoms with E-state index in [1.54, 1.807) is 30.3 Å². The van der Waals surface area contributed by atoms with Crippen LogP contribution in [0.3, 0.4) is 0 Å². The van der Waals surface area contributed by atoms with Crippen molar-refractivity contribution in [3.63, 3.8) is 0 Å². The van der Waals surface area contributed by atoms with Crippen molar-refractivity contribution in [2.75, 3.05) is 4.90 Å². The van der Waals surface area contributed by atoms with Gasteiger partial charge in [-0.3, -0.25) is 14.5 Å². The molecule has 1 atom stereocenters. The van der Waals surface area contributed by atoms with E-state index in [1.807, 2.05) is 0 Å². The first kappa shape index (κ1) is 19.0. The summed E-state index contributed by atoms with van der Waals surface area (Å²) in [4.78, 5) is 25.9. The first-order valence-corrected chi connectivity index (χ1v) is 9.11. The first-order valence-electron chi connectivity index (χ1n) is 7.85. The maximum Gasteiger partial charge on any atom is 0.262 e. The number of hydrogen-bond donors (Lipinski definition) is 1. The summed E-state index contributed by atoms with van der Waals surface area (Å²) in [6.07, 6.45) is 0.374. The highest BCUT2D eigenvalue weighted by atomic mass is 35.5. The lowest BCUT2D eigenvalue weighted by Gasteiger charge is -2.18. The smallest absolute Gasteiger partial charge is 0.262 e. The Hall–Kier alpha value is -2.82. The molecule has 2 aromatic carbocycles. The fourth-order valence-electron chi connectivity index (χ4n) is 2.66. The molecule has 3 rings (SSSR count). The van der Waals surface area contributed by atoms with Crippen molar-refractivity contribution in [1.82, 2.24) is 0 Å². The maximum absolute atomic E-state index is 13.3. The van der Waals surface area contributed by atoms with Crippen molar-refractivity contribution < 1.29 is 14.0 Å². The van der Waals surface area contributed by atoms with Crippen LogP contribution in [-0.2, 0) is 16.0 Å². The molecule has 1 aliphatic heterocycles. The van der Waals surface area contributed by atoms with E-state index in [0.717, 1.165) is 17.3 Å². The number of carbonyl (C=O) groups is 2. The van der Waals surface area contributed by atoms with Crippen molar-refractivity contribution in [3.05, 3.63) is 75.5 Å². The van der Waals surface area contributed by atoms with Gasteiger partial charge in [0.05, 0.1) is 5.25 Å². The number of anilines is 1. The second kappa shape index (κ2) is 7.82. The number of nitriles is 1. The van der Waals surface area contributed by atoms with Crippen molar-refractivity contribution >= 4 is 40.9 Å². The van der Waals surface area contributed by atoms with Gasteiger partial charge in [-0.15, -0.1) is 0 Å². The molecule has 1 aliphatic rings. The molecule has 2 amide bonds. The molecule has 0 unspecified atom stereocenters. The molecular weight excluding hydrogens is 389 g/mol. The minimum absolute atomic E-state index is 0.153. The van der Waals surface area contributed by atoms with Gasteiger partial charge in [-0.1, -0.05) is 35.5 Å². The molecule has 2 aromatic rings. The van der Waals surface area contributed by atoms with Crippen molar-refractivity contribution in [2.24, 2.45) is 5.73 Å².